The Hall–Kier alpha value is -4.08. The Kier molecular flexibility index (Phi) is 3.85. The predicted molar refractivity (Wildman–Crippen MR) is 113 cm³/mol. The monoisotopic (exact) mass is 413 g/mol. The van der Waals surface area contributed by atoms with Gasteiger partial charge in [-0.05, 0) is 42.7 Å². The molecule has 4 aromatic heterocycles. The molecule has 1 amide bonds. The maximum atomic E-state index is 12.0. The van der Waals surface area contributed by atoms with E-state index in [0.29, 0.717) is 18.0 Å². The van der Waals surface area contributed by atoms with Gasteiger partial charge in [-0.15, -0.1) is 5.10 Å². The van der Waals surface area contributed by atoms with Crippen LogP contribution in [0.4, 0.5) is 5.82 Å². The Bertz CT molecular complexity index is 1440. The van der Waals surface area contributed by atoms with Crippen molar-refractivity contribution in [1.29, 1.82) is 0 Å². The van der Waals surface area contributed by atoms with E-state index in [2.05, 4.69) is 36.9 Å². The number of rotatable bonds is 5. The molecule has 0 aliphatic heterocycles. The summed E-state index contributed by atoms with van der Waals surface area (Å²) in [5, 5.41) is 20.3. The molecule has 0 unspecified atom stereocenters. The first-order valence-corrected chi connectivity index (χ1v) is 10.1. The van der Waals surface area contributed by atoms with Gasteiger partial charge in [-0.1, -0.05) is 11.3 Å². The Morgan fingerprint density at radius 3 is 2.87 bits per heavy atom. The van der Waals surface area contributed by atoms with Crippen LogP contribution in [0.25, 0.3) is 27.8 Å². The number of fused-ring (bicyclic) bond motifs is 2. The minimum absolute atomic E-state index is 0.0298. The molecule has 1 aromatic carbocycles. The fourth-order valence-electron chi connectivity index (χ4n) is 3.63. The van der Waals surface area contributed by atoms with Crippen molar-refractivity contribution in [2.75, 3.05) is 5.32 Å². The van der Waals surface area contributed by atoms with Crippen LogP contribution in [-0.4, -0.2) is 45.3 Å². The molecule has 6 rings (SSSR count). The highest BCUT2D eigenvalue weighted by molar-refractivity contribution is 5.93. The number of hydrogen-bond acceptors (Lipinski definition) is 6. The highest BCUT2D eigenvalue weighted by Crippen LogP contribution is 2.30. The van der Waals surface area contributed by atoms with E-state index in [-0.39, 0.29) is 11.8 Å². The van der Waals surface area contributed by atoms with E-state index in [9.17, 15) is 4.79 Å². The SMILES string of the molecule is Cn1cc(-c2ccc3nnn(Cc4ccc5nc(NC(=O)C6CC6)cn5n4)c3c2)cn1. The van der Waals surface area contributed by atoms with Gasteiger partial charge in [-0.3, -0.25) is 9.48 Å². The number of carbonyl (C=O) groups excluding carboxylic acids is 1. The molecule has 1 aliphatic carbocycles. The largest absolute Gasteiger partial charge is 0.309 e. The summed E-state index contributed by atoms with van der Waals surface area (Å²) in [5.74, 6) is 0.682. The van der Waals surface area contributed by atoms with E-state index >= 15 is 0 Å². The number of carbonyl (C=O) groups is 1. The van der Waals surface area contributed by atoms with Gasteiger partial charge in [0.15, 0.2) is 11.5 Å². The Morgan fingerprint density at radius 2 is 2.06 bits per heavy atom. The van der Waals surface area contributed by atoms with Crippen molar-refractivity contribution in [2.24, 2.45) is 13.0 Å². The summed E-state index contributed by atoms with van der Waals surface area (Å²) in [6.07, 6.45) is 7.46. The summed E-state index contributed by atoms with van der Waals surface area (Å²) in [6, 6.07) is 9.84. The van der Waals surface area contributed by atoms with Crippen LogP contribution in [0.2, 0.25) is 0 Å². The normalized spacial score (nSPS) is 13.8. The van der Waals surface area contributed by atoms with Gasteiger partial charge in [-0.25, -0.2) is 14.2 Å². The first kappa shape index (κ1) is 17.8. The molecule has 4 heterocycles. The maximum Gasteiger partial charge on any atom is 0.228 e. The third-order valence-electron chi connectivity index (χ3n) is 5.44. The van der Waals surface area contributed by atoms with Crippen molar-refractivity contribution in [3.05, 3.63) is 54.6 Å². The van der Waals surface area contributed by atoms with Crippen LogP contribution in [0.15, 0.2) is 48.9 Å². The van der Waals surface area contributed by atoms with Gasteiger partial charge in [0.05, 0.1) is 30.1 Å². The number of amides is 1. The second-order valence-electron chi connectivity index (χ2n) is 7.87. The molecular weight excluding hydrogens is 394 g/mol. The van der Waals surface area contributed by atoms with Crippen LogP contribution in [0.1, 0.15) is 18.5 Å². The van der Waals surface area contributed by atoms with E-state index in [0.717, 1.165) is 40.7 Å². The number of anilines is 1. The summed E-state index contributed by atoms with van der Waals surface area (Å²) in [6.45, 7) is 0.463. The van der Waals surface area contributed by atoms with E-state index in [1.54, 1.807) is 15.4 Å². The molecule has 1 aliphatic rings. The standard InChI is InChI=1S/C21H19N9O/c1-28-10-15(9-22-28)14-4-6-17-18(8-14)29(27-25-17)11-16-5-7-20-23-19(12-30(20)26-16)24-21(31)13-2-3-13/h4-10,12-13H,2-3,11H2,1H3,(H,24,31). The summed E-state index contributed by atoms with van der Waals surface area (Å²) < 4.78 is 5.29. The number of aromatic nitrogens is 8. The van der Waals surface area contributed by atoms with Crippen molar-refractivity contribution in [3.63, 3.8) is 0 Å². The molecule has 1 fully saturated rings. The highest BCUT2D eigenvalue weighted by atomic mass is 16.2. The first-order valence-electron chi connectivity index (χ1n) is 10.1. The zero-order valence-electron chi connectivity index (χ0n) is 16.8. The van der Waals surface area contributed by atoms with Gasteiger partial charge >= 0.3 is 0 Å². The number of benzene rings is 1. The molecule has 0 radical (unpaired) electrons. The lowest BCUT2D eigenvalue weighted by Gasteiger charge is -2.04. The molecule has 10 nitrogen and oxygen atoms in total. The van der Waals surface area contributed by atoms with Gasteiger partial charge in [0.1, 0.15) is 5.52 Å². The maximum absolute atomic E-state index is 12.0. The molecular formula is C21H19N9O. The van der Waals surface area contributed by atoms with Crippen LogP contribution < -0.4 is 5.32 Å². The minimum atomic E-state index is 0.0298. The Morgan fingerprint density at radius 1 is 1.16 bits per heavy atom. The number of aryl methyl sites for hydroxylation is 1. The quantitative estimate of drug-likeness (QED) is 0.474. The lowest BCUT2D eigenvalue weighted by molar-refractivity contribution is -0.117. The molecule has 0 atom stereocenters. The molecule has 5 aromatic rings. The molecule has 0 spiro atoms. The third kappa shape index (κ3) is 3.31. The van der Waals surface area contributed by atoms with E-state index in [4.69, 9.17) is 0 Å². The third-order valence-corrected chi connectivity index (χ3v) is 5.44. The average Bonchev–Trinajstić information content (AvgIpc) is 3.23. The van der Waals surface area contributed by atoms with Gasteiger partial charge in [0.25, 0.3) is 0 Å². The van der Waals surface area contributed by atoms with Crippen LogP contribution in [-0.2, 0) is 18.4 Å². The number of imidazole rings is 1. The average molecular weight is 413 g/mol. The smallest absolute Gasteiger partial charge is 0.228 e. The lowest BCUT2D eigenvalue weighted by Crippen LogP contribution is -2.13. The fraction of sp³-hybridized carbons (Fsp3) is 0.238. The van der Waals surface area contributed by atoms with Crippen LogP contribution in [0, 0.1) is 5.92 Å². The van der Waals surface area contributed by atoms with E-state index in [1.807, 2.05) is 48.4 Å². The summed E-state index contributed by atoms with van der Waals surface area (Å²) in [4.78, 5) is 16.4. The Labute approximate surface area is 176 Å². The summed E-state index contributed by atoms with van der Waals surface area (Å²) >= 11 is 0. The van der Waals surface area contributed by atoms with Gasteiger partial charge in [0, 0.05) is 24.7 Å². The van der Waals surface area contributed by atoms with E-state index in [1.165, 1.54) is 0 Å². The number of hydrogen-bond donors (Lipinski definition) is 1. The summed E-state index contributed by atoms with van der Waals surface area (Å²) in [7, 11) is 1.90. The molecule has 1 saturated carbocycles. The molecule has 10 heteroatoms. The van der Waals surface area contributed by atoms with Crippen molar-refractivity contribution in [3.8, 4) is 11.1 Å². The molecule has 0 saturated heterocycles. The van der Waals surface area contributed by atoms with Crippen molar-refractivity contribution in [2.45, 2.75) is 19.4 Å². The lowest BCUT2D eigenvalue weighted by atomic mass is 10.1. The fourth-order valence-corrected chi connectivity index (χ4v) is 3.63. The van der Waals surface area contributed by atoms with Crippen molar-refractivity contribution in [1.82, 2.24) is 39.4 Å². The Balaban J connectivity index is 1.29. The van der Waals surface area contributed by atoms with Gasteiger partial charge < -0.3 is 5.32 Å². The minimum Gasteiger partial charge on any atom is -0.309 e. The number of nitrogens with zero attached hydrogens (tertiary/aromatic N) is 8. The number of nitrogens with one attached hydrogen (secondary N) is 1. The van der Waals surface area contributed by atoms with Crippen molar-refractivity contribution < 1.29 is 4.79 Å². The van der Waals surface area contributed by atoms with Gasteiger partial charge in [0.2, 0.25) is 5.91 Å². The molecule has 31 heavy (non-hydrogen) atoms. The topological polar surface area (TPSA) is 108 Å². The molecule has 0 bridgehead atoms. The zero-order chi connectivity index (χ0) is 20.9. The van der Waals surface area contributed by atoms with Crippen LogP contribution in [0.5, 0.6) is 0 Å². The second kappa shape index (κ2) is 6.73. The zero-order valence-corrected chi connectivity index (χ0v) is 16.8. The molecule has 154 valence electrons. The molecule has 1 N–H and O–H groups in total. The first-order chi connectivity index (χ1) is 15.1. The highest BCUT2D eigenvalue weighted by Gasteiger charge is 2.30. The van der Waals surface area contributed by atoms with Gasteiger partial charge in [-0.2, -0.15) is 10.2 Å². The summed E-state index contributed by atoms with van der Waals surface area (Å²) in [5.41, 5.74) is 5.32. The second-order valence-corrected chi connectivity index (χ2v) is 7.87. The van der Waals surface area contributed by atoms with Crippen LogP contribution >= 0.6 is 0 Å². The van der Waals surface area contributed by atoms with Crippen molar-refractivity contribution >= 4 is 28.4 Å². The van der Waals surface area contributed by atoms with E-state index < -0.39 is 0 Å². The predicted octanol–water partition coefficient (Wildman–Crippen LogP) is 2.27. The van der Waals surface area contributed by atoms with Crippen LogP contribution in [0.3, 0.4) is 0 Å².